The Morgan fingerprint density at radius 3 is 2.47 bits per heavy atom. The lowest BCUT2D eigenvalue weighted by atomic mass is 9.92. The lowest BCUT2D eigenvalue weighted by Crippen LogP contribution is -2.49. The monoisotopic (exact) mass is 789 g/mol. The fraction of sp³-hybridized carbons (Fsp3) is 0.425. The Labute approximate surface area is 325 Å². The second kappa shape index (κ2) is 15.3. The predicted octanol–water partition coefficient (Wildman–Crippen LogP) is 5.51. The fourth-order valence-corrected chi connectivity index (χ4v) is 8.43. The first-order valence-electron chi connectivity index (χ1n) is 19.1. The first-order valence-corrected chi connectivity index (χ1v) is 19.1. The molecule has 0 saturated carbocycles. The third kappa shape index (κ3) is 7.35. The summed E-state index contributed by atoms with van der Waals surface area (Å²) in [6, 6.07) is 7.62. The van der Waals surface area contributed by atoms with Gasteiger partial charge in [0, 0.05) is 107 Å². The highest BCUT2D eigenvalue weighted by Crippen LogP contribution is 2.44. The number of ether oxygens (including phenoxy) is 1. The minimum atomic E-state index is -4.67. The summed E-state index contributed by atoms with van der Waals surface area (Å²) in [5, 5.41) is 10.7. The van der Waals surface area contributed by atoms with Crippen LogP contribution in [0.2, 0.25) is 0 Å². The number of methoxy groups -OCH3 is 1. The van der Waals surface area contributed by atoms with Crippen LogP contribution in [0.15, 0.2) is 53.7 Å². The third-order valence-electron chi connectivity index (χ3n) is 11.5. The van der Waals surface area contributed by atoms with Crippen molar-refractivity contribution >= 4 is 45.1 Å². The second-order valence-corrected chi connectivity index (χ2v) is 15.0. The number of hydrogen-bond donors (Lipinski definition) is 2. The number of carbonyl (C=O) groups excluding carboxylic acids is 2. The summed E-state index contributed by atoms with van der Waals surface area (Å²) in [4.78, 5) is 49.6. The lowest BCUT2D eigenvalue weighted by molar-refractivity contribution is -0.136. The van der Waals surface area contributed by atoms with Crippen molar-refractivity contribution < 1.29 is 31.9 Å². The molecule has 17 heteroatoms. The molecular weight excluding hydrogens is 746 g/mol. The van der Waals surface area contributed by atoms with Gasteiger partial charge < -0.3 is 24.4 Å². The maximum atomic E-state index is 15.8. The van der Waals surface area contributed by atoms with Crippen LogP contribution in [0.25, 0.3) is 32.8 Å². The van der Waals surface area contributed by atoms with Gasteiger partial charge in [0.15, 0.2) is 5.82 Å². The Morgan fingerprint density at radius 1 is 0.982 bits per heavy atom. The number of pyridine rings is 2. The van der Waals surface area contributed by atoms with Crippen LogP contribution in [0, 0.1) is 11.7 Å². The molecule has 2 aromatic carbocycles. The van der Waals surface area contributed by atoms with Crippen molar-refractivity contribution in [2.24, 2.45) is 13.0 Å². The number of carbonyl (C=O) groups is 2. The van der Waals surface area contributed by atoms with Crippen LogP contribution < -0.4 is 25.4 Å². The number of nitrogens with zero attached hydrogens (tertiary/aromatic N) is 7. The summed E-state index contributed by atoms with van der Waals surface area (Å²) >= 11 is 0. The quantitative estimate of drug-likeness (QED) is 0.197. The molecule has 57 heavy (non-hydrogen) atoms. The van der Waals surface area contributed by atoms with E-state index in [-0.39, 0.29) is 46.3 Å². The van der Waals surface area contributed by atoms with Crippen molar-refractivity contribution in [3.63, 3.8) is 0 Å². The van der Waals surface area contributed by atoms with Crippen LogP contribution in [0.4, 0.5) is 33.9 Å². The Bertz CT molecular complexity index is 2400. The molecule has 2 N–H and O–H groups in total. The van der Waals surface area contributed by atoms with Gasteiger partial charge in [-0.25, -0.2) is 9.18 Å². The summed E-state index contributed by atoms with van der Waals surface area (Å²) < 4.78 is 66.8. The normalized spacial score (nSPS) is 17.4. The predicted molar refractivity (Wildman–Crippen MR) is 207 cm³/mol. The Hall–Kier alpha value is -5.71. The first kappa shape index (κ1) is 38.2. The maximum Gasteiger partial charge on any atom is 0.420 e. The highest BCUT2D eigenvalue weighted by atomic mass is 19.4. The number of benzene rings is 2. The van der Waals surface area contributed by atoms with E-state index in [0.29, 0.717) is 111 Å². The topological polar surface area (TPSA) is 132 Å². The molecule has 3 amide bonds. The Morgan fingerprint density at radius 2 is 1.75 bits per heavy atom. The molecule has 0 spiro atoms. The summed E-state index contributed by atoms with van der Waals surface area (Å²) in [5.41, 5.74) is 0.534. The van der Waals surface area contributed by atoms with Crippen molar-refractivity contribution in [3.05, 3.63) is 76.2 Å². The number of urea groups is 1. The number of H-pyrrole nitrogens is 1. The molecule has 0 bridgehead atoms. The van der Waals surface area contributed by atoms with E-state index in [1.54, 1.807) is 42.5 Å². The van der Waals surface area contributed by atoms with Crippen molar-refractivity contribution in [1.29, 1.82) is 0 Å². The number of rotatable bonds is 8. The summed E-state index contributed by atoms with van der Waals surface area (Å²) in [6.07, 6.45) is 2.19. The highest BCUT2D eigenvalue weighted by molar-refractivity contribution is 6.03. The zero-order valence-electron chi connectivity index (χ0n) is 31.7. The molecule has 3 aliphatic heterocycles. The standard InChI is InChI=1S/C40H43F4N9O4/c1-49-22-29(26-6-10-45-21-28(26)38(49)55)25-19-31(41)30(33(20-25)57-2)23-50-14-16-52(17-15-50)34(54)18-24-7-12-51(13-8-24)32-5-4-27-36(35(32)40(42,43)44)47-48-37(27)53-11-3-9-46-39(53)56/h4-6,10,19-22,24H,3,7-9,11-18,23H2,1-2H3,(H,46,56)(H,47,48). The van der Waals surface area contributed by atoms with Gasteiger partial charge in [0.1, 0.15) is 17.1 Å². The summed E-state index contributed by atoms with van der Waals surface area (Å²) in [7, 11) is 3.14. The van der Waals surface area contributed by atoms with Crippen LogP contribution in [-0.4, -0.2) is 101 Å². The summed E-state index contributed by atoms with van der Waals surface area (Å²) in [5.74, 6) is 0.149. The number of nitrogens with one attached hydrogen (secondary N) is 2. The van der Waals surface area contributed by atoms with E-state index >= 15 is 4.39 Å². The average molecular weight is 790 g/mol. The van der Waals surface area contributed by atoms with Gasteiger partial charge >= 0.3 is 12.2 Å². The van der Waals surface area contributed by atoms with E-state index < -0.39 is 23.6 Å². The van der Waals surface area contributed by atoms with Crippen LogP contribution in [0.1, 0.15) is 36.8 Å². The lowest BCUT2D eigenvalue weighted by Gasteiger charge is -2.37. The molecule has 3 fully saturated rings. The molecule has 0 aliphatic carbocycles. The van der Waals surface area contributed by atoms with Gasteiger partial charge in [0.05, 0.1) is 23.7 Å². The molecule has 0 unspecified atom stereocenters. The number of piperidine rings is 1. The van der Waals surface area contributed by atoms with Crippen LogP contribution in [0.3, 0.4) is 0 Å². The number of halogens is 4. The van der Waals surface area contributed by atoms with E-state index in [0.717, 1.165) is 0 Å². The van der Waals surface area contributed by atoms with Crippen LogP contribution >= 0.6 is 0 Å². The number of amides is 3. The zero-order valence-corrected chi connectivity index (χ0v) is 31.7. The second-order valence-electron chi connectivity index (χ2n) is 15.0. The molecule has 3 aliphatic rings. The van der Waals surface area contributed by atoms with Crippen molar-refractivity contribution in [2.75, 3.05) is 69.3 Å². The van der Waals surface area contributed by atoms with Gasteiger partial charge in [0.2, 0.25) is 5.91 Å². The molecule has 13 nitrogen and oxygen atoms in total. The van der Waals surface area contributed by atoms with Crippen molar-refractivity contribution in [1.82, 2.24) is 34.9 Å². The SMILES string of the molecule is COc1cc(-c2cn(C)c(=O)c3cnccc23)cc(F)c1CN1CCN(C(=O)CC2CCN(c3ccc4c(N5CCCNC5=O)n[nH]c4c3C(F)(F)F)CC2)CC1. The average Bonchev–Trinajstić information content (AvgIpc) is 3.63. The zero-order chi connectivity index (χ0) is 40.0. The Balaban J connectivity index is 0.880. The number of piperazine rings is 1. The van der Waals surface area contributed by atoms with Crippen molar-refractivity contribution in [3.8, 4) is 16.9 Å². The first-order chi connectivity index (χ1) is 27.4. The molecule has 0 radical (unpaired) electrons. The molecule has 3 saturated heterocycles. The smallest absolute Gasteiger partial charge is 0.420 e. The number of anilines is 2. The number of aromatic nitrogens is 4. The van der Waals surface area contributed by atoms with E-state index in [2.05, 4.69) is 25.4 Å². The molecule has 6 heterocycles. The molecule has 5 aromatic rings. The van der Waals surface area contributed by atoms with Crippen LogP contribution in [0.5, 0.6) is 5.75 Å². The number of aryl methyl sites for hydroxylation is 1. The molecule has 300 valence electrons. The molecule has 0 atom stereocenters. The number of alkyl halides is 3. The van der Waals surface area contributed by atoms with E-state index in [4.69, 9.17) is 4.74 Å². The van der Waals surface area contributed by atoms with Crippen molar-refractivity contribution in [2.45, 2.75) is 38.4 Å². The number of hydrogen-bond acceptors (Lipinski definition) is 8. The van der Waals surface area contributed by atoms with Crippen LogP contribution in [-0.2, 0) is 24.6 Å². The van der Waals surface area contributed by atoms with Gasteiger partial charge in [0.25, 0.3) is 5.56 Å². The minimum Gasteiger partial charge on any atom is -0.496 e. The minimum absolute atomic E-state index is 0.00467. The largest absolute Gasteiger partial charge is 0.496 e. The fourth-order valence-electron chi connectivity index (χ4n) is 8.43. The van der Waals surface area contributed by atoms with Gasteiger partial charge in [-0.15, -0.1) is 0 Å². The van der Waals surface area contributed by atoms with E-state index in [9.17, 15) is 27.6 Å². The number of aromatic amines is 1. The molecule has 3 aromatic heterocycles. The third-order valence-corrected chi connectivity index (χ3v) is 11.5. The van der Waals surface area contributed by atoms with E-state index in [1.165, 1.54) is 34.9 Å². The maximum absolute atomic E-state index is 15.8. The summed E-state index contributed by atoms with van der Waals surface area (Å²) in [6.45, 7) is 3.88. The number of fused-ring (bicyclic) bond motifs is 2. The van der Waals surface area contributed by atoms with Gasteiger partial charge in [-0.05, 0) is 66.5 Å². The highest BCUT2D eigenvalue weighted by Gasteiger charge is 2.40. The molecular formula is C40H43F4N9O4. The van der Waals surface area contributed by atoms with Gasteiger partial charge in [-0.2, -0.15) is 18.3 Å². The van der Waals surface area contributed by atoms with Gasteiger partial charge in [-0.1, -0.05) is 0 Å². The Kier molecular flexibility index (Phi) is 10.3. The van der Waals surface area contributed by atoms with Gasteiger partial charge in [-0.3, -0.25) is 29.5 Å². The molecule has 8 rings (SSSR count). The van der Waals surface area contributed by atoms with E-state index in [1.807, 2.05) is 4.90 Å².